The molecule has 6 nitrogen and oxygen atoms in total. The Labute approximate surface area is 107 Å². The van der Waals surface area contributed by atoms with Gasteiger partial charge in [0, 0.05) is 19.4 Å². The predicted molar refractivity (Wildman–Crippen MR) is 66.7 cm³/mol. The number of nitrogens with one attached hydrogen (secondary N) is 2. The van der Waals surface area contributed by atoms with Crippen LogP contribution >= 0.6 is 0 Å². The number of carbonyl (C=O) groups is 1. The average Bonchev–Trinajstić information content (AvgIpc) is 2.91. The van der Waals surface area contributed by atoms with Gasteiger partial charge in [-0.05, 0) is 12.3 Å². The summed E-state index contributed by atoms with van der Waals surface area (Å²) >= 11 is 0. The Morgan fingerprint density at radius 2 is 2.17 bits per heavy atom. The van der Waals surface area contributed by atoms with E-state index in [1.54, 1.807) is 0 Å². The third kappa shape index (κ3) is 4.43. The van der Waals surface area contributed by atoms with Gasteiger partial charge in [0.1, 0.15) is 0 Å². The van der Waals surface area contributed by atoms with Gasteiger partial charge < -0.3 is 5.32 Å². The van der Waals surface area contributed by atoms with E-state index in [2.05, 4.69) is 25.9 Å². The molecule has 100 valence electrons. The van der Waals surface area contributed by atoms with Crippen molar-refractivity contribution in [2.24, 2.45) is 5.92 Å². The molecule has 1 fully saturated rings. The molecule has 18 heavy (non-hydrogen) atoms. The highest BCUT2D eigenvalue weighted by atomic mass is 16.1. The van der Waals surface area contributed by atoms with Crippen LogP contribution in [0.15, 0.2) is 0 Å². The van der Waals surface area contributed by atoms with E-state index in [0.717, 1.165) is 12.3 Å². The van der Waals surface area contributed by atoms with E-state index in [0.29, 0.717) is 25.2 Å². The normalized spacial score (nSPS) is 16.7. The first-order valence-corrected chi connectivity index (χ1v) is 6.83. The van der Waals surface area contributed by atoms with Crippen molar-refractivity contribution in [1.82, 2.24) is 25.9 Å². The SMILES string of the molecule is O=C(CCC1CCCCC1)NCCc1nn[nH]n1. The maximum atomic E-state index is 11.6. The molecule has 1 amide bonds. The maximum Gasteiger partial charge on any atom is 0.220 e. The van der Waals surface area contributed by atoms with Gasteiger partial charge in [-0.3, -0.25) is 4.79 Å². The van der Waals surface area contributed by atoms with Gasteiger partial charge in [0.25, 0.3) is 0 Å². The molecule has 2 N–H and O–H groups in total. The van der Waals surface area contributed by atoms with Gasteiger partial charge in [-0.25, -0.2) is 0 Å². The molecule has 1 aliphatic rings. The number of aromatic nitrogens is 4. The molecule has 0 radical (unpaired) electrons. The topological polar surface area (TPSA) is 83.6 Å². The van der Waals surface area contributed by atoms with Crippen LogP contribution in [0.4, 0.5) is 0 Å². The molecule has 2 rings (SSSR count). The van der Waals surface area contributed by atoms with Gasteiger partial charge in [0.15, 0.2) is 5.82 Å². The summed E-state index contributed by atoms with van der Waals surface area (Å²) in [6, 6.07) is 0. The number of hydrogen-bond donors (Lipinski definition) is 2. The van der Waals surface area contributed by atoms with Gasteiger partial charge in [-0.2, -0.15) is 5.21 Å². The van der Waals surface area contributed by atoms with Crippen molar-refractivity contribution in [2.75, 3.05) is 6.54 Å². The van der Waals surface area contributed by atoms with Crippen LogP contribution in [-0.4, -0.2) is 33.1 Å². The summed E-state index contributed by atoms with van der Waals surface area (Å²) < 4.78 is 0. The first kappa shape index (κ1) is 13.0. The van der Waals surface area contributed by atoms with E-state index in [1.807, 2.05) is 0 Å². The molecule has 1 saturated carbocycles. The van der Waals surface area contributed by atoms with Crippen LogP contribution in [0.5, 0.6) is 0 Å². The molecule has 0 saturated heterocycles. The van der Waals surface area contributed by atoms with Crippen molar-refractivity contribution in [3.8, 4) is 0 Å². The second-order valence-corrected chi connectivity index (χ2v) is 4.97. The van der Waals surface area contributed by atoms with E-state index in [-0.39, 0.29) is 5.91 Å². The average molecular weight is 251 g/mol. The molecular formula is C12H21N5O. The number of tetrazole rings is 1. The molecule has 1 aromatic rings. The van der Waals surface area contributed by atoms with Crippen molar-refractivity contribution >= 4 is 5.91 Å². The summed E-state index contributed by atoms with van der Waals surface area (Å²) in [5.41, 5.74) is 0. The number of carbonyl (C=O) groups excluding carboxylic acids is 1. The Hall–Kier alpha value is -1.46. The van der Waals surface area contributed by atoms with Crippen molar-refractivity contribution < 1.29 is 4.79 Å². The predicted octanol–water partition coefficient (Wildman–Crippen LogP) is 1.22. The molecule has 1 aromatic heterocycles. The standard InChI is InChI=1S/C12H21N5O/c18-12(7-6-10-4-2-1-3-5-10)13-9-8-11-14-16-17-15-11/h10H,1-9H2,(H,13,18)(H,14,15,16,17). The molecule has 0 spiro atoms. The molecule has 0 unspecified atom stereocenters. The minimum atomic E-state index is 0.143. The Morgan fingerprint density at radius 1 is 1.33 bits per heavy atom. The molecular weight excluding hydrogens is 230 g/mol. The van der Waals surface area contributed by atoms with Crippen LogP contribution < -0.4 is 5.32 Å². The fraction of sp³-hybridized carbons (Fsp3) is 0.833. The van der Waals surface area contributed by atoms with Gasteiger partial charge >= 0.3 is 0 Å². The highest BCUT2D eigenvalue weighted by Crippen LogP contribution is 2.27. The molecule has 6 heteroatoms. The minimum Gasteiger partial charge on any atom is -0.356 e. The zero-order valence-corrected chi connectivity index (χ0v) is 10.7. The largest absolute Gasteiger partial charge is 0.356 e. The van der Waals surface area contributed by atoms with Gasteiger partial charge in [0.2, 0.25) is 5.91 Å². The number of hydrogen-bond acceptors (Lipinski definition) is 4. The van der Waals surface area contributed by atoms with Crippen molar-refractivity contribution in [1.29, 1.82) is 0 Å². The van der Waals surface area contributed by atoms with Crippen molar-refractivity contribution in [3.05, 3.63) is 5.82 Å². The van der Waals surface area contributed by atoms with Crippen molar-refractivity contribution in [2.45, 2.75) is 51.4 Å². The number of H-pyrrole nitrogens is 1. The second kappa shape index (κ2) is 7.08. The van der Waals surface area contributed by atoms with Crippen LogP contribution in [0.3, 0.4) is 0 Å². The smallest absolute Gasteiger partial charge is 0.220 e. The lowest BCUT2D eigenvalue weighted by Crippen LogP contribution is -2.26. The lowest BCUT2D eigenvalue weighted by atomic mass is 9.86. The fourth-order valence-corrected chi connectivity index (χ4v) is 2.50. The van der Waals surface area contributed by atoms with E-state index in [9.17, 15) is 4.79 Å². The zero-order valence-electron chi connectivity index (χ0n) is 10.7. The number of rotatable bonds is 6. The van der Waals surface area contributed by atoms with Gasteiger partial charge in [-0.1, -0.05) is 37.3 Å². The van der Waals surface area contributed by atoms with E-state index in [1.165, 1.54) is 32.1 Å². The summed E-state index contributed by atoms with van der Waals surface area (Å²) in [5.74, 6) is 1.55. The van der Waals surface area contributed by atoms with Crippen LogP contribution in [0.2, 0.25) is 0 Å². The maximum absolute atomic E-state index is 11.6. The summed E-state index contributed by atoms with van der Waals surface area (Å²) in [6.07, 6.45) is 8.96. The van der Waals surface area contributed by atoms with E-state index < -0.39 is 0 Å². The van der Waals surface area contributed by atoms with Gasteiger partial charge in [0.05, 0.1) is 0 Å². The van der Waals surface area contributed by atoms with E-state index >= 15 is 0 Å². The van der Waals surface area contributed by atoms with Crippen LogP contribution in [-0.2, 0) is 11.2 Å². The number of amides is 1. The molecule has 0 atom stereocenters. The highest BCUT2D eigenvalue weighted by molar-refractivity contribution is 5.75. The second-order valence-electron chi connectivity index (χ2n) is 4.97. The number of aromatic amines is 1. The Kier molecular flexibility index (Phi) is 5.11. The lowest BCUT2D eigenvalue weighted by molar-refractivity contribution is -0.121. The molecule has 1 aliphatic carbocycles. The minimum absolute atomic E-state index is 0.143. The van der Waals surface area contributed by atoms with Crippen LogP contribution in [0.25, 0.3) is 0 Å². The third-order valence-electron chi connectivity index (χ3n) is 3.56. The summed E-state index contributed by atoms with van der Waals surface area (Å²) in [5, 5.41) is 16.4. The Bertz CT molecular complexity index is 345. The Balaban J connectivity index is 1.54. The molecule has 0 aromatic carbocycles. The quantitative estimate of drug-likeness (QED) is 0.796. The summed E-state index contributed by atoms with van der Waals surface area (Å²) in [6.45, 7) is 0.586. The van der Waals surface area contributed by atoms with Crippen molar-refractivity contribution in [3.63, 3.8) is 0 Å². The lowest BCUT2D eigenvalue weighted by Gasteiger charge is -2.20. The first-order chi connectivity index (χ1) is 8.84. The number of nitrogens with zero attached hydrogens (tertiary/aromatic N) is 3. The summed E-state index contributed by atoms with van der Waals surface area (Å²) in [4.78, 5) is 11.6. The monoisotopic (exact) mass is 251 g/mol. The molecule has 0 aliphatic heterocycles. The summed E-state index contributed by atoms with van der Waals surface area (Å²) in [7, 11) is 0. The highest BCUT2D eigenvalue weighted by Gasteiger charge is 2.14. The van der Waals surface area contributed by atoms with Crippen LogP contribution in [0.1, 0.15) is 50.8 Å². The zero-order chi connectivity index (χ0) is 12.6. The van der Waals surface area contributed by atoms with E-state index in [4.69, 9.17) is 0 Å². The molecule has 1 heterocycles. The first-order valence-electron chi connectivity index (χ1n) is 6.83. The Morgan fingerprint density at radius 3 is 2.89 bits per heavy atom. The molecule has 0 bridgehead atoms. The fourth-order valence-electron chi connectivity index (χ4n) is 2.50. The van der Waals surface area contributed by atoms with Gasteiger partial charge in [-0.15, -0.1) is 10.2 Å². The third-order valence-corrected chi connectivity index (χ3v) is 3.56. The van der Waals surface area contributed by atoms with Crippen LogP contribution in [0, 0.1) is 5.92 Å².